The van der Waals surface area contributed by atoms with E-state index < -0.39 is 5.97 Å². The van der Waals surface area contributed by atoms with Crippen molar-refractivity contribution in [3.63, 3.8) is 0 Å². The van der Waals surface area contributed by atoms with Gasteiger partial charge in [0.2, 0.25) is 0 Å². The third-order valence-electron chi connectivity index (χ3n) is 2.43. The van der Waals surface area contributed by atoms with Crippen molar-refractivity contribution in [3.05, 3.63) is 36.2 Å². The van der Waals surface area contributed by atoms with Crippen LogP contribution >= 0.6 is 0 Å². The van der Waals surface area contributed by atoms with Crippen LogP contribution in [0.25, 0.3) is 0 Å². The third kappa shape index (κ3) is 1.95. The fourth-order valence-corrected chi connectivity index (χ4v) is 1.56. The van der Waals surface area contributed by atoms with E-state index in [0.717, 1.165) is 5.82 Å². The number of aromatic carboxylic acids is 1. The normalized spacial score (nSPS) is 10.6. The summed E-state index contributed by atoms with van der Waals surface area (Å²) in [5.41, 5.74) is 0.294. The number of hydrogen-bond donors (Lipinski definition) is 1. The van der Waals surface area contributed by atoms with Crippen LogP contribution in [0.1, 0.15) is 16.3 Å². The molecule has 0 aromatic carbocycles. The van der Waals surface area contributed by atoms with E-state index in [4.69, 9.17) is 5.11 Å². The molecule has 0 fully saturated rings. The molecule has 6 nitrogen and oxygen atoms in total. The van der Waals surface area contributed by atoms with Gasteiger partial charge in [-0.3, -0.25) is 0 Å². The highest BCUT2D eigenvalue weighted by atomic mass is 16.4. The fraction of sp³-hybridized carbons (Fsp3) is 0.300. The van der Waals surface area contributed by atoms with Gasteiger partial charge in [-0.2, -0.15) is 0 Å². The second kappa shape index (κ2) is 4.18. The summed E-state index contributed by atoms with van der Waals surface area (Å²) >= 11 is 0. The summed E-state index contributed by atoms with van der Waals surface area (Å²) in [4.78, 5) is 10.9. The SMILES string of the molecule is Cn1cnnc1CCn1cccc1C(=O)O. The molecule has 0 radical (unpaired) electrons. The van der Waals surface area contributed by atoms with Gasteiger partial charge in [0.05, 0.1) is 0 Å². The average Bonchev–Trinajstić information content (AvgIpc) is 2.83. The smallest absolute Gasteiger partial charge is 0.352 e. The van der Waals surface area contributed by atoms with Crippen molar-refractivity contribution in [1.29, 1.82) is 0 Å². The van der Waals surface area contributed by atoms with Crippen LogP contribution < -0.4 is 0 Å². The number of carbonyl (C=O) groups is 1. The second-order valence-corrected chi connectivity index (χ2v) is 3.50. The maximum atomic E-state index is 10.9. The Morgan fingerprint density at radius 2 is 2.38 bits per heavy atom. The molecule has 2 rings (SSSR count). The number of carboxylic acids is 1. The van der Waals surface area contributed by atoms with Crippen LogP contribution in [0, 0.1) is 0 Å². The molecule has 16 heavy (non-hydrogen) atoms. The number of aryl methyl sites for hydroxylation is 3. The van der Waals surface area contributed by atoms with E-state index in [9.17, 15) is 4.79 Å². The van der Waals surface area contributed by atoms with Crippen LogP contribution in [-0.4, -0.2) is 30.4 Å². The Morgan fingerprint density at radius 1 is 1.56 bits per heavy atom. The first-order chi connectivity index (χ1) is 7.68. The van der Waals surface area contributed by atoms with Crippen LogP contribution in [0.4, 0.5) is 0 Å². The first-order valence-corrected chi connectivity index (χ1v) is 4.90. The van der Waals surface area contributed by atoms with Gasteiger partial charge in [0, 0.05) is 26.2 Å². The van der Waals surface area contributed by atoms with Crippen molar-refractivity contribution in [3.8, 4) is 0 Å². The molecule has 0 aliphatic heterocycles. The van der Waals surface area contributed by atoms with E-state index >= 15 is 0 Å². The molecule has 6 heteroatoms. The van der Waals surface area contributed by atoms with E-state index in [0.29, 0.717) is 18.7 Å². The van der Waals surface area contributed by atoms with Gasteiger partial charge in [-0.1, -0.05) is 0 Å². The van der Waals surface area contributed by atoms with Crippen molar-refractivity contribution in [2.45, 2.75) is 13.0 Å². The molecule has 0 atom stereocenters. The quantitative estimate of drug-likeness (QED) is 0.817. The number of carboxylic acid groups (broad SMARTS) is 1. The lowest BCUT2D eigenvalue weighted by molar-refractivity contribution is 0.0685. The van der Waals surface area contributed by atoms with E-state index in [1.54, 1.807) is 29.2 Å². The summed E-state index contributed by atoms with van der Waals surface area (Å²) in [5.74, 6) is -0.0759. The van der Waals surface area contributed by atoms with E-state index in [1.165, 1.54) is 0 Å². The largest absolute Gasteiger partial charge is 0.477 e. The van der Waals surface area contributed by atoms with Crippen molar-refractivity contribution in [2.24, 2.45) is 7.05 Å². The number of aromatic nitrogens is 4. The number of hydrogen-bond acceptors (Lipinski definition) is 3. The summed E-state index contributed by atoms with van der Waals surface area (Å²) in [6.45, 7) is 0.584. The molecule has 2 heterocycles. The zero-order valence-electron chi connectivity index (χ0n) is 8.87. The van der Waals surface area contributed by atoms with Crippen molar-refractivity contribution in [2.75, 3.05) is 0 Å². The Hall–Kier alpha value is -2.11. The van der Waals surface area contributed by atoms with Crippen LogP contribution in [0.5, 0.6) is 0 Å². The number of rotatable bonds is 4. The topological polar surface area (TPSA) is 72.9 Å². The molecule has 84 valence electrons. The zero-order valence-corrected chi connectivity index (χ0v) is 8.87. The lowest BCUT2D eigenvalue weighted by Crippen LogP contribution is -2.11. The summed E-state index contributed by atoms with van der Waals surface area (Å²) in [5, 5.41) is 16.6. The molecule has 0 aliphatic carbocycles. The van der Waals surface area contributed by atoms with Crippen molar-refractivity contribution in [1.82, 2.24) is 19.3 Å². The molecule has 2 aromatic heterocycles. The van der Waals surface area contributed by atoms with Crippen molar-refractivity contribution >= 4 is 5.97 Å². The van der Waals surface area contributed by atoms with Gasteiger partial charge in [-0.25, -0.2) is 4.79 Å². The van der Waals surface area contributed by atoms with Crippen LogP contribution in [0.2, 0.25) is 0 Å². The highest BCUT2D eigenvalue weighted by molar-refractivity contribution is 5.85. The van der Waals surface area contributed by atoms with Crippen molar-refractivity contribution < 1.29 is 9.90 Å². The minimum absolute atomic E-state index is 0.294. The van der Waals surface area contributed by atoms with Crippen LogP contribution in [-0.2, 0) is 20.0 Å². The predicted octanol–water partition coefficient (Wildman–Crippen LogP) is 0.557. The highest BCUT2D eigenvalue weighted by Gasteiger charge is 2.09. The number of nitrogens with zero attached hydrogens (tertiary/aromatic N) is 4. The van der Waals surface area contributed by atoms with Gasteiger partial charge in [-0.05, 0) is 12.1 Å². The van der Waals surface area contributed by atoms with Gasteiger partial charge < -0.3 is 14.2 Å². The molecule has 0 saturated carbocycles. The molecule has 0 saturated heterocycles. The van der Waals surface area contributed by atoms with Crippen LogP contribution in [0.3, 0.4) is 0 Å². The highest BCUT2D eigenvalue weighted by Crippen LogP contribution is 2.04. The zero-order chi connectivity index (χ0) is 11.5. The Balaban J connectivity index is 2.08. The van der Waals surface area contributed by atoms with E-state index in [1.807, 2.05) is 11.6 Å². The summed E-state index contributed by atoms with van der Waals surface area (Å²) in [6.07, 6.45) is 4.04. The lowest BCUT2D eigenvalue weighted by atomic mass is 10.3. The maximum Gasteiger partial charge on any atom is 0.352 e. The van der Waals surface area contributed by atoms with Gasteiger partial charge in [-0.15, -0.1) is 10.2 Å². The standard InChI is InChI=1S/C10H12N4O2/c1-13-7-11-12-9(13)4-6-14-5-2-3-8(14)10(15)16/h2-3,5,7H,4,6H2,1H3,(H,15,16). The Bertz CT molecular complexity index is 500. The minimum atomic E-state index is -0.914. The Labute approximate surface area is 92.2 Å². The van der Waals surface area contributed by atoms with E-state index in [-0.39, 0.29) is 0 Å². The van der Waals surface area contributed by atoms with Crippen LogP contribution in [0.15, 0.2) is 24.7 Å². The molecule has 0 aliphatic rings. The van der Waals surface area contributed by atoms with Gasteiger partial charge in [0.25, 0.3) is 0 Å². The summed E-state index contributed by atoms with van der Waals surface area (Å²) in [7, 11) is 1.86. The monoisotopic (exact) mass is 220 g/mol. The molecule has 0 bridgehead atoms. The van der Waals surface area contributed by atoms with Gasteiger partial charge >= 0.3 is 5.97 Å². The average molecular weight is 220 g/mol. The summed E-state index contributed by atoms with van der Waals surface area (Å²) < 4.78 is 3.51. The second-order valence-electron chi connectivity index (χ2n) is 3.50. The van der Waals surface area contributed by atoms with Gasteiger partial charge in [0.1, 0.15) is 17.8 Å². The maximum absolute atomic E-state index is 10.9. The molecule has 1 N–H and O–H groups in total. The third-order valence-corrected chi connectivity index (χ3v) is 2.43. The molecule has 0 unspecified atom stereocenters. The summed E-state index contributed by atoms with van der Waals surface area (Å²) in [6, 6.07) is 3.30. The molecular formula is C10H12N4O2. The molecule has 0 spiro atoms. The van der Waals surface area contributed by atoms with Gasteiger partial charge in [0.15, 0.2) is 0 Å². The Kier molecular flexibility index (Phi) is 2.72. The first-order valence-electron chi connectivity index (χ1n) is 4.90. The Morgan fingerprint density at radius 3 is 3.00 bits per heavy atom. The van der Waals surface area contributed by atoms with E-state index in [2.05, 4.69) is 10.2 Å². The predicted molar refractivity (Wildman–Crippen MR) is 56.1 cm³/mol. The lowest BCUT2D eigenvalue weighted by Gasteiger charge is -2.05. The fourth-order valence-electron chi connectivity index (χ4n) is 1.56. The molecule has 0 amide bonds. The molecular weight excluding hydrogens is 208 g/mol. The minimum Gasteiger partial charge on any atom is -0.477 e. The molecule has 2 aromatic rings. The first kappa shape index (κ1) is 10.4.